The molecular weight excluding hydrogens is 548 g/mol. The highest BCUT2D eigenvalue weighted by molar-refractivity contribution is 7.19. The molecule has 5 aromatic rings. The number of thiophene rings is 1. The van der Waals surface area contributed by atoms with E-state index in [1.165, 1.54) is 48.7 Å². The van der Waals surface area contributed by atoms with Gasteiger partial charge in [-0.2, -0.15) is 9.78 Å². The zero-order valence-electron chi connectivity index (χ0n) is 21.7. The second kappa shape index (κ2) is 11.1. The first-order chi connectivity index (χ1) is 19.9. The lowest BCUT2D eigenvalue weighted by molar-refractivity contribution is -0.120. The predicted molar refractivity (Wildman–Crippen MR) is 150 cm³/mol. The Morgan fingerprint density at radius 1 is 0.951 bits per heavy atom. The second-order valence-corrected chi connectivity index (χ2v) is 11.0. The van der Waals surface area contributed by atoms with Gasteiger partial charge in [-0.05, 0) is 72.9 Å². The summed E-state index contributed by atoms with van der Waals surface area (Å²) in [6.45, 7) is 0. The fourth-order valence-corrected chi connectivity index (χ4v) is 6.20. The minimum absolute atomic E-state index is 0.00510. The molecule has 7 nitrogen and oxygen atoms in total. The number of ether oxygens (including phenoxy) is 1. The Labute approximate surface area is 237 Å². The zero-order chi connectivity index (χ0) is 28.5. The summed E-state index contributed by atoms with van der Waals surface area (Å²) in [7, 11) is 0. The van der Waals surface area contributed by atoms with Crippen LogP contribution >= 0.6 is 11.3 Å². The standard InChI is InChI=1S/C31H23F2N3O4S/c32-20-4-6-21(7-5-20)36-31(39)23(11-14-35-36)26(38)16-18-1-10-27(24(33)15-18)40-28-12-13-34-25-17-29(41-30(25)28)19-2-8-22(37)9-3-19/h1,4-7,10-15,17,19H,2-3,8-9,16H2. The molecular formula is C31H23F2N3O4S. The number of benzene rings is 2. The first-order valence-corrected chi connectivity index (χ1v) is 13.9. The maximum atomic E-state index is 15.1. The molecule has 10 heteroatoms. The van der Waals surface area contributed by atoms with Crippen molar-refractivity contribution < 1.29 is 23.1 Å². The molecule has 0 aliphatic heterocycles. The molecule has 206 valence electrons. The Morgan fingerprint density at radius 3 is 2.49 bits per heavy atom. The van der Waals surface area contributed by atoms with Crippen LogP contribution in [0, 0.1) is 11.6 Å². The maximum absolute atomic E-state index is 15.1. The van der Waals surface area contributed by atoms with Crippen molar-refractivity contribution in [3.05, 3.63) is 111 Å². The predicted octanol–water partition coefficient (Wildman–Crippen LogP) is 6.56. The average molecular weight is 572 g/mol. The van der Waals surface area contributed by atoms with Crippen molar-refractivity contribution in [2.45, 2.75) is 38.0 Å². The van der Waals surface area contributed by atoms with E-state index in [9.17, 15) is 18.8 Å². The number of hydrogen-bond donors (Lipinski definition) is 0. The van der Waals surface area contributed by atoms with E-state index in [1.54, 1.807) is 29.7 Å². The number of carbonyl (C=O) groups is 2. The van der Waals surface area contributed by atoms with E-state index in [4.69, 9.17) is 4.74 Å². The van der Waals surface area contributed by atoms with Gasteiger partial charge in [0.2, 0.25) is 0 Å². The smallest absolute Gasteiger partial charge is 0.282 e. The number of carbonyl (C=O) groups excluding carboxylic acids is 2. The Balaban J connectivity index is 1.20. The molecule has 1 fully saturated rings. The van der Waals surface area contributed by atoms with Gasteiger partial charge in [0, 0.05) is 42.6 Å². The van der Waals surface area contributed by atoms with Crippen molar-refractivity contribution >= 4 is 33.1 Å². The van der Waals surface area contributed by atoms with Gasteiger partial charge in [-0.15, -0.1) is 11.3 Å². The first-order valence-electron chi connectivity index (χ1n) is 13.1. The van der Waals surface area contributed by atoms with Crippen LogP contribution in [-0.2, 0) is 11.2 Å². The van der Waals surface area contributed by atoms with Crippen LogP contribution < -0.4 is 10.3 Å². The van der Waals surface area contributed by atoms with Crippen molar-refractivity contribution in [3.8, 4) is 17.2 Å². The average Bonchev–Trinajstić information content (AvgIpc) is 3.41. The number of pyridine rings is 1. The molecule has 1 saturated carbocycles. The van der Waals surface area contributed by atoms with E-state index in [-0.39, 0.29) is 17.7 Å². The first kappa shape index (κ1) is 26.6. The minimum Gasteiger partial charge on any atom is -0.453 e. The molecule has 1 aliphatic carbocycles. The largest absolute Gasteiger partial charge is 0.453 e. The molecule has 0 N–H and O–H groups in total. The summed E-state index contributed by atoms with van der Waals surface area (Å²) in [4.78, 5) is 43.1. The van der Waals surface area contributed by atoms with Gasteiger partial charge in [-0.1, -0.05) is 6.07 Å². The number of Topliss-reactive ketones (excluding diaryl/α,β-unsaturated/α-hetero) is 2. The van der Waals surface area contributed by atoms with E-state index >= 15 is 4.39 Å². The van der Waals surface area contributed by atoms with E-state index in [0.29, 0.717) is 41.5 Å². The van der Waals surface area contributed by atoms with Crippen LogP contribution in [0.5, 0.6) is 11.5 Å². The van der Waals surface area contributed by atoms with E-state index in [2.05, 4.69) is 10.1 Å². The highest BCUT2D eigenvalue weighted by Gasteiger charge is 2.23. The fraction of sp³-hybridized carbons (Fsp3) is 0.194. The van der Waals surface area contributed by atoms with Crippen molar-refractivity contribution in [1.82, 2.24) is 14.8 Å². The fourth-order valence-electron chi connectivity index (χ4n) is 4.97. The lowest BCUT2D eigenvalue weighted by Crippen LogP contribution is -2.27. The summed E-state index contributed by atoms with van der Waals surface area (Å²) in [6, 6.07) is 14.4. The van der Waals surface area contributed by atoms with Crippen LogP contribution in [0.3, 0.4) is 0 Å². The molecule has 0 bridgehead atoms. The Hall–Kier alpha value is -4.57. The third kappa shape index (κ3) is 5.55. The number of rotatable bonds is 7. The molecule has 1 aliphatic rings. The van der Waals surface area contributed by atoms with Gasteiger partial charge < -0.3 is 4.74 Å². The molecule has 0 amide bonds. The summed E-state index contributed by atoms with van der Waals surface area (Å²) in [5.41, 5.74) is 0.678. The third-order valence-corrected chi connectivity index (χ3v) is 8.44. The molecule has 3 aromatic heterocycles. The number of hydrogen-bond acceptors (Lipinski definition) is 7. The molecule has 2 aromatic carbocycles. The molecule has 0 atom stereocenters. The molecule has 0 radical (unpaired) electrons. The quantitative estimate of drug-likeness (QED) is 0.205. The van der Waals surface area contributed by atoms with E-state index in [1.807, 2.05) is 6.07 Å². The normalized spacial score (nSPS) is 14.0. The van der Waals surface area contributed by atoms with E-state index in [0.717, 1.165) is 32.6 Å². The van der Waals surface area contributed by atoms with Gasteiger partial charge >= 0.3 is 0 Å². The Morgan fingerprint density at radius 2 is 1.73 bits per heavy atom. The number of fused-ring (bicyclic) bond motifs is 1. The summed E-state index contributed by atoms with van der Waals surface area (Å²) in [6.07, 6.45) is 5.51. The molecule has 0 saturated heterocycles. The van der Waals surface area contributed by atoms with E-state index < -0.39 is 23.0 Å². The van der Waals surface area contributed by atoms with Gasteiger partial charge in [0.1, 0.15) is 17.3 Å². The summed E-state index contributed by atoms with van der Waals surface area (Å²) in [5, 5.41) is 3.98. The summed E-state index contributed by atoms with van der Waals surface area (Å²) < 4.78 is 36.2. The van der Waals surface area contributed by atoms with Gasteiger partial charge in [-0.3, -0.25) is 19.4 Å². The monoisotopic (exact) mass is 571 g/mol. The molecule has 41 heavy (non-hydrogen) atoms. The molecule has 3 heterocycles. The molecule has 6 rings (SSSR count). The summed E-state index contributed by atoms with van der Waals surface area (Å²) in [5.74, 6) is -0.556. The number of aromatic nitrogens is 3. The van der Waals surface area contributed by atoms with Crippen molar-refractivity contribution in [2.75, 3.05) is 0 Å². The number of halogens is 2. The highest BCUT2D eigenvalue weighted by Crippen LogP contribution is 2.41. The molecule has 0 unspecified atom stereocenters. The van der Waals surface area contributed by atoms with Crippen molar-refractivity contribution in [1.29, 1.82) is 0 Å². The van der Waals surface area contributed by atoms with Crippen LogP contribution in [0.4, 0.5) is 8.78 Å². The van der Waals surface area contributed by atoms with Crippen molar-refractivity contribution in [3.63, 3.8) is 0 Å². The van der Waals surface area contributed by atoms with Gasteiger partial charge in [0.15, 0.2) is 17.3 Å². The third-order valence-electron chi connectivity index (χ3n) is 7.14. The minimum atomic E-state index is -0.652. The number of nitrogens with zero attached hydrogens (tertiary/aromatic N) is 3. The van der Waals surface area contributed by atoms with Gasteiger partial charge in [0.25, 0.3) is 5.56 Å². The van der Waals surface area contributed by atoms with Crippen molar-refractivity contribution in [2.24, 2.45) is 0 Å². The lowest BCUT2D eigenvalue weighted by Gasteiger charge is -2.19. The van der Waals surface area contributed by atoms with Crippen LogP contribution in [-0.4, -0.2) is 26.3 Å². The summed E-state index contributed by atoms with van der Waals surface area (Å²) >= 11 is 1.55. The Bertz CT molecular complexity index is 1840. The van der Waals surface area contributed by atoms with Gasteiger partial charge in [-0.25, -0.2) is 8.78 Å². The number of ketones is 2. The maximum Gasteiger partial charge on any atom is 0.282 e. The van der Waals surface area contributed by atoms with Crippen LogP contribution in [0.25, 0.3) is 15.9 Å². The Kier molecular flexibility index (Phi) is 7.23. The topological polar surface area (TPSA) is 91.2 Å². The van der Waals surface area contributed by atoms with Crippen LogP contribution in [0.15, 0.2) is 77.9 Å². The molecule has 0 spiro atoms. The lowest BCUT2D eigenvalue weighted by atomic mass is 9.87. The second-order valence-electron chi connectivity index (χ2n) is 9.89. The van der Waals surface area contributed by atoms with Crippen LogP contribution in [0.2, 0.25) is 0 Å². The SMILES string of the molecule is O=C1CCC(c2cc3nccc(Oc4ccc(CC(=O)c5ccnn(-c6ccc(F)cc6)c5=O)cc4F)c3s2)CC1. The van der Waals surface area contributed by atoms with Gasteiger partial charge in [0.05, 0.1) is 21.5 Å². The zero-order valence-corrected chi connectivity index (χ0v) is 22.5. The highest BCUT2D eigenvalue weighted by atomic mass is 32.1. The van der Waals surface area contributed by atoms with Crippen LogP contribution in [0.1, 0.15) is 52.4 Å².